The van der Waals surface area contributed by atoms with Gasteiger partial charge in [-0.2, -0.15) is 8.78 Å². The molecule has 2 aliphatic rings. The second-order valence-corrected chi connectivity index (χ2v) is 6.37. The molecule has 1 amide bonds. The number of alkyl halides is 2. The lowest BCUT2D eigenvalue weighted by Gasteiger charge is -2.24. The zero-order valence-electron chi connectivity index (χ0n) is 16.4. The molecule has 7 heteroatoms. The number of aromatic nitrogens is 2. The molecule has 0 saturated carbocycles. The van der Waals surface area contributed by atoms with Gasteiger partial charge in [-0.1, -0.05) is 18.2 Å². The Morgan fingerprint density at radius 1 is 1.23 bits per heavy atom. The molecule has 1 aromatic heterocycles. The second-order valence-electron chi connectivity index (χ2n) is 6.37. The number of hydrogen-bond acceptors (Lipinski definition) is 3. The number of fused-ring (bicyclic) bond motifs is 9. The van der Waals surface area contributed by atoms with Crippen molar-refractivity contribution in [1.82, 2.24) is 14.5 Å². The van der Waals surface area contributed by atoms with Crippen LogP contribution < -0.4 is 4.74 Å². The maximum Gasteiger partial charge on any atom is 0.387 e. The third kappa shape index (κ3) is 1.94. The number of para-hydroxylation sites is 2. The lowest BCUT2D eigenvalue weighted by molar-refractivity contribution is -0.0507. The second kappa shape index (κ2) is 5.27. The molecule has 2 bridgehead atoms. The number of halogens is 2. The SMILES string of the molecule is [2H]C([2H])([2H])N1C(=O)c2cccc(OC(F)F)c2C2CC1c1nc3ccccc3n12. The van der Waals surface area contributed by atoms with E-state index in [4.69, 9.17) is 8.85 Å². The number of ether oxygens (including phenoxy) is 1. The number of imidazole rings is 1. The van der Waals surface area contributed by atoms with Gasteiger partial charge >= 0.3 is 6.61 Å². The van der Waals surface area contributed by atoms with Gasteiger partial charge in [0, 0.05) is 28.6 Å². The Morgan fingerprint density at radius 2 is 2.08 bits per heavy atom. The van der Waals surface area contributed by atoms with E-state index in [2.05, 4.69) is 4.98 Å². The molecule has 2 atom stereocenters. The molecule has 0 spiro atoms. The minimum Gasteiger partial charge on any atom is -0.434 e. The minimum atomic E-state index is -3.07. The monoisotopic (exact) mass is 358 g/mol. The van der Waals surface area contributed by atoms with Gasteiger partial charge in [0.15, 0.2) is 0 Å². The fourth-order valence-corrected chi connectivity index (χ4v) is 4.06. The van der Waals surface area contributed by atoms with Crippen molar-refractivity contribution in [3.8, 4) is 5.75 Å². The van der Waals surface area contributed by atoms with Gasteiger partial charge in [0.05, 0.1) is 23.1 Å². The number of nitrogens with zero attached hydrogens (tertiary/aromatic N) is 3. The number of hydrogen-bond donors (Lipinski definition) is 0. The predicted octanol–water partition coefficient (Wildman–Crippen LogP) is 3.76. The van der Waals surface area contributed by atoms with Crippen LogP contribution in [0.1, 0.15) is 44.4 Å². The Kier molecular flexibility index (Phi) is 2.51. The van der Waals surface area contributed by atoms with Gasteiger partial charge in [-0.15, -0.1) is 0 Å². The third-order valence-electron chi connectivity index (χ3n) is 5.06. The zero-order chi connectivity index (χ0) is 20.5. The summed E-state index contributed by atoms with van der Waals surface area (Å²) in [5.74, 6) is -0.448. The van der Waals surface area contributed by atoms with Gasteiger partial charge < -0.3 is 14.2 Å². The van der Waals surface area contributed by atoms with Crippen LogP contribution in [0.2, 0.25) is 0 Å². The standard InChI is InChI=1S/C19H15F2N3O2/c1-23-14-9-13(24-12-7-3-2-6-11(12)22-17(14)24)16-10(18(23)25)5-4-8-15(16)26-19(20)21/h2-8,13-14,19H,9H2,1H3/i1D3. The Bertz CT molecular complexity index is 1150. The van der Waals surface area contributed by atoms with Crippen LogP contribution >= 0.6 is 0 Å². The molecule has 132 valence electrons. The molecule has 3 aromatic rings. The fourth-order valence-electron chi connectivity index (χ4n) is 4.06. The van der Waals surface area contributed by atoms with Crippen molar-refractivity contribution in [1.29, 1.82) is 0 Å². The number of carbonyl (C=O) groups excluding carboxylic acids is 1. The molecule has 5 nitrogen and oxygen atoms in total. The summed E-state index contributed by atoms with van der Waals surface area (Å²) in [6, 6.07) is 10.1. The molecule has 0 radical (unpaired) electrons. The molecule has 3 heterocycles. The van der Waals surface area contributed by atoms with Crippen LogP contribution in [0, 0.1) is 0 Å². The van der Waals surface area contributed by atoms with Gasteiger partial charge in [-0.05, 0) is 24.3 Å². The Morgan fingerprint density at radius 3 is 2.88 bits per heavy atom. The summed E-state index contributed by atoms with van der Waals surface area (Å²) in [5.41, 5.74) is 1.70. The fraction of sp³-hybridized carbons (Fsp3) is 0.263. The van der Waals surface area contributed by atoms with Crippen molar-refractivity contribution in [2.24, 2.45) is 0 Å². The Balaban J connectivity index is 1.84. The van der Waals surface area contributed by atoms with Crippen LogP contribution in [0.4, 0.5) is 8.78 Å². The number of amides is 1. The minimum absolute atomic E-state index is 0.0511. The van der Waals surface area contributed by atoms with Crippen LogP contribution in [0.5, 0.6) is 5.75 Å². The first-order valence-corrected chi connectivity index (χ1v) is 8.15. The highest BCUT2D eigenvalue weighted by Crippen LogP contribution is 2.49. The molecule has 26 heavy (non-hydrogen) atoms. The van der Waals surface area contributed by atoms with Crippen molar-refractivity contribution in [2.75, 3.05) is 6.98 Å². The van der Waals surface area contributed by atoms with Gasteiger partial charge in [-0.3, -0.25) is 4.79 Å². The van der Waals surface area contributed by atoms with Crippen molar-refractivity contribution < 1.29 is 22.4 Å². The first kappa shape index (κ1) is 12.4. The van der Waals surface area contributed by atoms with Crippen LogP contribution in [0.15, 0.2) is 42.5 Å². The summed E-state index contributed by atoms with van der Waals surface area (Å²) < 4.78 is 56.5. The predicted molar refractivity (Wildman–Crippen MR) is 90.4 cm³/mol. The molecule has 0 aliphatic carbocycles. The average Bonchev–Trinajstić information content (AvgIpc) is 3.13. The molecule has 5 rings (SSSR count). The lowest BCUT2D eigenvalue weighted by atomic mass is 9.97. The first-order valence-electron chi connectivity index (χ1n) is 9.65. The Hall–Kier alpha value is -2.96. The summed E-state index contributed by atoms with van der Waals surface area (Å²) >= 11 is 0. The molecular formula is C19H15F2N3O2. The molecule has 0 N–H and O–H groups in total. The molecular weight excluding hydrogens is 340 g/mol. The van der Waals surface area contributed by atoms with E-state index in [0.717, 1.165) is 10.4 Å². The van der Waals surface area contributed by atoms with Crippen molar-refractivity contribution in [3.63, 3.8) is 0 Å². The maximum atomic E-state index is 13.2. The van der Waals surface area contributed by atoms with Crippen molar-refractivity contribution >= 4 is 16.9 Å². The van der Waals surface area contributed by atoms with E-state index in [-0.39, 0.29) is 23.3 Å². The van der Waals surface area contributed by atoms with Crippen LogP contribution in [0.3, 0.4) is 0 Å². The summed E-state index contributed by atoms with van der Waals surface area (Å²) in [5, 5.41) is 0. The van der Waals surface area contributed by atoms with E-state index < -0.39 is 31.6 Å². The largest absolute Gasteiger partial charge is 0.434 e. The molecule has 0 saturated heterocycles. The van der Waals surface area contributed by atoms with E-state index in [0.29, 0.717) is 11.3 Å². The molecule has 2 aliphatic heterocycles. The molecule has 0 fully saturated rings. The van der Waals surface area contributed by atoms with Crippen LogP contribution in [0.25, 0.3) is 11.0 Å². The van der Waals surface area contributed by atoms with E-state index in [1.165, 1.54) is 18.2 Å². The molecule has 2 aromatic carbocycles. The topological polar surface area (TPSA) is 47.4 Å². The summed E-state index contributed by atoms with van der Waals surface area (Å²) in [6.45, 7) is -5.80. The number of rotatable bonds is 2. The third-order valence-corrected chi connectivity index (χ3v) is 5.06. The quantitative estimate of drug-likeness (QED) is 0.701. The van der Waals surface area contributed by atoms with Gasteiger partial charge in [0.2, 0.25) is 0 Å². The smallest absolute Gasteiger partial charge is 0.387 e. The highest BCUT2D eigenvalue weighted by Gasteiger charge is 2.44. The van der Waals surface area contributed by atoms with Crippen molar-refractivity contribution in [3.05, 3.63) is 59.4 Å². The van der Waals surface area contributed by atoms with E-state index in [9.17, 15) is 13.6 Å². The van der Waals surface area contributed by atoms with Gasteiger partial charge in [0.25, 0.3) is 5.91 Å². The lowest BCUT2D eigenvalue weighted by Crippen LogP contribution is -2.30. The van der Waals surface area contributed by atoms with Crippen LogP contribution in [-0.4, -0.2) is 33.9 Å². The van der Waals surface area contributed by atoms with Crippen molar-refractivity contribution in [2.45, 2.75) is 25.1 Å². The van der Waals surface area contributed by atoms with Gasteiger partial charge in [-0.25, -0.2) is 4.98 Å². The molecule has 2 unspecified atom stereocenters. The normalized spacial score (nSPS) is 23.3. The summed E-state index contributed by atoms with van der Waals surface area (Å²) in [4.78, 5) is 18.6. The zero-order valence-corrected chi connectivity index (χ0v) is 13.4. The summed E-state index contributed by atoms with van der Waals surface area (Å²) in [7, 11) is 0. The van der Waals surface area contributed by atoms with E-state index in [1.54, 1.807) is 12.1 Å². The highest BCUT2D eigenvalue weighted by molar-refractivity contribution is 5.97. The summed E-state index contributed by atoms with van der Waals surface area (Å²) in [6.07, 6.45) is 0.216. The van der Waals surface area contributed by atoms with E-state index >= 15 is 0 Å². The van der Waals surface area contributed by atoms with Crippen LogP contribution in [-0.2, 0) is 0 Å². The number of carbonyl (C=O) groups is 1. The van der Waals surface area contributed by atoms with E-state index in [1.807, 2.05) is 16.7 Å². The average molecular weight is 358 g/mol. The number of benzene rings is 2. The highest BCUT2D eigenvalue weighted by atomic mass is 19.3. The van der Waals surface area contributed by atoms with Gasteiger partial charge in [0.1, 0.15) is 11.6 Å². The maximum absolute atomic E-state index is 13.2. The first-order chi connectivity index (χ1) is 13.8. The Labute approximate surface area is 152 Å².